The lowest BCUT2D eigenvalue weighted by Crippen LogP contribution is -2.65. The van der Waals surface area contributed by atoms with Crippen LogP contribution < -0.4 is 0 Å². The summed E-state index contributed by atoms with van der Waals surface area (Å²) in [7, 11) is 0. The first-order valence-corrected chi connectivity index (χ1v) is 12.2. The van der Waals surface area contributed by atoms with Gasteiger partial charge in [0.1, 0.15) is 0 Å². The molecule has 4 saturated carbocycles. The minimum atomic E-state index is -0.781. The van der Waals surface area contributed by atoms with E-state index in [1.54, 1.807) is 0 Å². The lowest BCUT2D eigenvalue weighted by molar-refractivity contribution is -0.237. The van der Waals surface area contributed by atoms with Gasteiger partial charge < -0.3 is 20.4 Å². The Morgan fingerprint density at radius 1 is 1.07 bits per heavy atom. The first kappa shape index (κ1) is 22.5. The summed E-state index contributed by atoms with van der Waals surface area (Å²) in [5, 5.41) is 42.7. The molecule has 5 heteroatoms. The molecule has 4 aliphatic rings. The van der Waals surface area contributed by atoms with Gasteiger partial charge in [0.25, 0.3) is 0 Å². The van der Waals surface area contributed by atoms with E-state index in [0.717, 1.165) is 44.9 Å². The predicted octanol–water partition coefficient (Wildman–Crippen LogP) is 3.84. The molecule has 0 aromatic heterocycles. The summed E-state index contributed by atoms with van der Waals surface area (Å²) in [4.78, 5) is 11.1. The van der Waals surface area contributed by atoms with Gasteiger partial charge in [0.05, 0.1) is 17.8 Å². The SMILES string of the molecule is CC(CCC(=O)O)C1CCC2C3C(CC(O)C12C)C1(C)CCC(O)CC1CC3(C)O. The molecule has 11 unspecified atom stereocenters. The Morgan fingerprint density at radius 3 is 2.43 bits per heavy atom. The van der Waals surface area contributed by atoms with Crippen LogP contribution in [0.1, 0.15) is 85.5 Å². The van der Waals surface area contributed by atoms with Crippen molar-refractivity contribution in [1.29, 1.82) is 0 Å². The molecule has 0 radical (unpaired) electrons. The third-order valence-corrected chi connectivity index (χ3v) is 10.7. The standard InChI is InChI=1S/C25H42O5/c1-14(5-8-21(28)29)17-6-7-18-22-19(12-20(27)25(17,18)4)23(2)10-9-16(26)11-15(23)13-24(22,3)30/h14-20,22,26-27,30H,5-13H2,1-4H3,(H,28,29). The zero-order chi connectivity index (χ0) is 22.1. The van der Waals surface area contributed by atoms with Crippen molar-refractivity contribution in [1.82, 2.24) is 0 Å². The molecular weight excluding hydrogens is 380 g/mol. The Morgan fingerprint density at radius 2 is 1.77 bits per heavy atom. The van der Waals surface area contributed by atoms with E-state index in [4.69, 9.17) is 5.11 Å². The molecule has 0 saturated heterocycles. The molecule has 0 aromatic rings. The third kappa shape index (κ3) is 3.26. The van der Waals surface area contributed by atoms with Gasteiger partial charge >= 0.3 is 5.97 Å². The minimum absolute atomic E-state index is 0.0709. The summed E-state index contributed by atoms with van der Waals surface area (Å²) in [6.45, 7) is 8.74. The second-order valence-corrected chi connectivity index (χ2v) is 12.1. The molecule has 30 heavy (non-hydrogen) atoms. The molecule has 172 valence electrons. The Kier molecular flexibility index (Phi) is 5.60. The van der Waals surface area contributed by atoms with Gasteiger partial charge in [-0.25, -0.2) is 0 Å². The fraction of sp³-hybridized carbons (Fsp3) is 0.960. The van der Waals surface area contributed by atoms with E-state index in [0.29, 0.717) is 18.3 Å². The van der Waals surface area contributed by atoms with E-state index in [-0.39, 0.29) is 47.0 Å². The molecular formula is C25H42O5. The lowest BCUT2D eigenvalue weighted by atomic mass is 9.41. The number of fused-ring (bicyclic) bond motifs is 5. The molecule has 4 N–H and O–H groups in total. The van der Waals surface area contributed by atoms with Crippen LogP contribution >= 0.6 is 0 Å². The van der Waals surface area contributed by atoms with Crippen molar-refractivity contribution in [3.05, 3.63) is 0 Å². The Hall–Kier alpha value is -0.650. The highest BCUT2D eigenvalue weighted by atomic mass is 16.4. The van der Waals surface area contributed by atoms with Crippen molar-refractivity contribution < 1.29 is 25.2 Å². The van der Waals surface area contributed by atoms with Crippen molar-refractivity contribution in [3.63, 3.8) is 0 Å². The number of aliphatic carboxylic acids is 1. The van der Waals surface area contributed by atoms with Crippen molar-refractivity contribution >= 4 is 5.97 Å². The summed E-state index contributed by atoms with van der Waals surface area (Å²) >= 11 is 0. The fourth-order valence-electron chi connectivity index (χ4n) is 9.07. The van der Waals surface area contributed by atoms with Crippen LogP contribution in [0, 0.1) is 46.3 Å². The summed E-state index contributed by atoms with van der Waals surface area (Å²) in [5.41, 5.74) is -0.973. The van der Waals surface area contributed by atoms with Crippen LogP contribution in [0.25, 0.3) is 0 Å². The van der Waals surface area contributed by atoms with E-state index in [1.807, 2.05) is 6.92 Å². The van der Waals surface area contributed by atoms with Gasteiger partial charge in [-0.3, -0.25) is 4.79 Å². The zero-order valence-corrected chi connectivity index (χ0v) is 19.2. The maximum absolute atomic E-state index is 11.7. The second kappa shape index (κ2) is 7.45. The highest BCUT2D eigenvalue weighted by molar-refractivity contribution is 5.66. The molecule has 11 atom stereocenters. The third-order valence-electron chi connectivity index (χ3n) is 10.7. The first-order chi connectivity index (χ1) is 13.9. The van der Waals surface area contributed by atoms with Gasteiger partial charge in [0.2, 0.25) is 0 Å². The van der Waals surface area contributed by atoms with Gasteiger partial charge in [0, 0.05) is 6.42 Å². The van der Waals surface area contributed by atoms with Gasteiger partial charge in [-0.05, 0) is 105 Å². The number of carboxylic acids is 1. The summed E-state index contributed by atoms with van der Waals surface area (Å²) in [5.74, 6) is 0.818. The largest absolute Gasteiger partial charge is 0.481 e. The Labute approximate surface area is 181 Å². The van der Waals surface area contributed by atoms with Gasteiger partial charge in [0.15, 0.2) is 0 Å². The highest BCUT2D eigenvalue weighted by Gasteiger charge is 2.68. The van der Waals surface area contributed by atoms with Crippen LogP contribution in [0.2, 0.25) is 0 Å². The van der Waals surface area contributed by atoms with Crippen molar-refractivity contribution in [3.8, 4) is 0 Å². The number of carboxylic acid groups (broad SMARTS) is 1. The number of aliphatic hydroxyl groups excluding tert-OH is 2. The van der Waals surface area contributed by atoms with E-state index in [2.05, 4.69) is 20.8 Å². The molecule has 0 heterocycles. The van der Waals surface area contributed by atoms with Crippen LogP contribution in [0.5, 0.6) is 0 Å². The maximum Gasteiger partial charge on any atom is 0.303 e. The quantitative estimate of drug-likeness (QED) is 0.552. The molecule has 0 aromatic carbocycles. The zero-order valence-electron chi connectivity index (χ0n) is 19.2. The number of carbonyl (C=O) groups is 1. The summed E-state index contributed by atoms with van der Waals surface area (Å²) in [6, 6.07) is 0. The second-order valence-electron chi connectivity index (χ2n) is 12.1. The molecule has 4 fully saturated rings. The predicted molar refractivity (Wildman–Crippen MR) is 115 cm³/mol. The number of rotatable bonds is 4. The smallest absolute Gasteiger partial charge is 0.303 e. The molecule has 0 amide bonds. The average molecular weight is 423 g/mol. The van der Waals surface area contributed by atoms with Crippen LogP contribution in [0.3, 0.4) is 0 Å². The van der Waals surface area contributed by atoms with Crippen LogP contribution in [-0.4, -0.2) is 44.2 Å². The molecule has 4 rings (SSSR count). The first-order valence-electron chi connectivity index (χ1n) is 12.2. The Balaban J connectivity index is 1.65. The molecule has 0 spiro atoms. The van der Waals surface area contributed by atoms with Gasteiger partial charge in [-0.2, -0.15) is 0 Å². The minimum Gasteiger partial charge on any atom is -0.481 e. The lowest BCUT2D eigenvalue weighted by Gasteiger charge is -2.66. The van der Waals surface area contributed by atoms with Gasteiger partial charge in [-0.1, -0.05) is 20.8 Å². The molecule has 0 aliphatic heterocycles. The topological polar surface area (TPSA) is 98.0 Å². The maximum atomic E-state index is 11.7. The normalized spacial score (nSPS) is 54.0. The monoisotopic (exact) mass is 422 g/mol. The molecule has 4 aliphatic carbocycles. The number of hydrogen-bond acceptors (Lipinski definition) is 4. The van der Waals surface area contributed by atoms with Gasteiger partial charge in [-0.15, -0.1) is 0 Å². The van der Waals surface area contributed by atoms with E-state index < -0.39 is 17.7 Å². The molecule has 0 bridgehead atoms. The van der Waals surface area contributed by atoms with E-state index >= 15 is 0 Å². The van der Waals surface area contributed by atoms with Crippen molar-refractivity contribution in [2.24, 2.45) is 46.3 Å². The summed E-state index contributed by atoms with van der Waals surface area (Å²) < 4.78 is 0. The van der Waals surface area contributed by atoms with Crippen molar-refractivity contribution in [2.45, 2.75) is 103 Å². The number of aliphatic hydroxyl groups is 3. The number of hydrogen-bond donors (Lipinski definition) is 4. The van der Waals surface area contributed by atoms with Crippen LogP contribution in [0.15, 0.2) is 0 Å². The van der Waals surface area contributed by atoms with Crippen LogP contribution in [-0.2, 0) is 4.79 Å². The van der Waals surface area contributed by atoms with E-state index in [1.165, 1.54) is 0 Å². The summed E-state index contributed by atoms with van der Waals surface area (Å²) in [6.07, 6.45) is 6.20. The highest BCUT2D eigenvalue weighted by Crippen LogP contribution is 2.70. The molecule has 5 nitrogen and oxygen atoms in total. The van der Waals surface area contributed by atoms with Crippen molar-refractivity contribution in [2.75, 3.05) is 0 Å². The Bertz CT molecular complexity index is 676. The van der Waals surface area contributed by atoms with E-state index in [9.17, 15) is 20.1 Å². The van der Waals surface area contributed by atoms with Crippen LogP contribution in [0.4, 0.5) is 0 Å². The average Bonchev–Trinajstić information content (AvgIpc) is 3.00. The fourth-order valence-corrected chi connectivity index (χ4v) is 9.07.